The molecule has 0 bridgehead atoms. The summed E-state index contributed by atoms with van der Waals surface area (Å²) < 4.78 is 29.7. The van der Waals surface area contributed by atoms with Gasteiger partial charge in [-0.2, -0.15) is 0 Å². The van der Waals surface area contributed by atoms with E-state index in [9.17, 15) is 23.5 Å². The molecule has 6 heteroatoms. The van der Waals surface area contributed by atoms with E-state index in [2.05, 4.69) is 0 Å². The van der Waals surface area contributed by atoms with Gasteiger partial charge in [-0.15, -0.1) is 0 Å². The SMILES string of the molecule is Cc1ccc(C(=O)c2ccc(F)cc2)c(CO)c1.Cc1ccc(F)cc1.Cc1ccc2c(c1)COC2=O. The molecule has 1 N–H and O–H groups in total. The molecule has 1 aliphatic rings. The Morgan fingerprint density at radius 3 is 1.92 bits per heavy atom. The largest absolute Gasteiger partial charge is 0.457 e. The molecular formula is C31H28F2O4. The molecule has 4 nitrogen and oxygen atoms in total. The van der Waals surface area contributed by atoms with Gasteiger partial charge in [-0.1, -0.05) is 59.2 Å². The Kier molecular flexibility index (Phi) is 9.41. The fourth-order valence-corrected chi connectivity index (χ4v) is 3.63. The second-order valence-corrected chi connectivity index (χ2v) is 8.69. The second kappa shape index (κ2) is 12.7. The molecule has 1 aliphatic heterocycles. The first-order valence-electron chi connectivity index (χ1n) is 11.7. The molecule has 0 saturated heterocycles. The predicted molar refractivity (Wildman–Crippen MR) is 138 cm³/mol. The van der Waals surface area contributed by atoms with Gasteiger partial charge in [0.05, 0.1) is 12.2 Å². The molecule has 0 aliphatic carbocycles. The molecule has 4 aromatic rings. The fraction of sp³-hybridized carbons (Fsp3) is 0.161. The van der Waals surface area contributed by atoms with Crippen molar-refractivity contribution in [2.24, 2.45) is 0 Å². The summed E-state index contributed by atoms with van der Waals surface area (Å²) in [6, 6.07) is 22.8. The highest BCUT2D eigenvalue weighted by Gasteiger charge is 2.20. The van der Waals surface area contributed by atoms with Crippen molar-refractivity contribution in [2.45, 2.75) is 34.0 Å². The van der Waals surface area contributed by atoms with Gasteiger partial charge in [-0.3, -0.25) is 4.79 Å². The van der Waals surface area contributed by atoms with E-state index < -0.39 is 0 Å². The van der Waals surface area contributed by atoms with Crippen molar-refractivity contribution in [1.82, 2.24) is 0 Å². The van der Waals surface area contributed by atoms with Crippen LogP contribution in [-0.2, 0) is 18.0 Å². The number of aliphatic hydroxyl groups excluding tert-OH is 1. The van der Waals surface area contributed by atoms with Crippen molar-refractivity contribution in [3.63, 3.8) is 0 Å². The number of carbonyl (C=O) groups is 2. The van der Waals surface area contributed by atoms with Gasteiger partial charge in [-0.25, -0.2) is 13.6 Å². The Bertz CT molecular complexity index is 1360. The summed E-state index contributed by atoms with van der Waals surface area (Å²) in [5.41, 5.74) is 6.42. The Hall–Kier alpha value is -4.16. The number of cyclic esters (lactones) is 1. The first-order chi connectivity index (χ1) is 17.7. The molecule has 37 heavy (non-hydrogen) atoms. The van der Waals surface area contributed by atoms with E-state index in [-0.39, 0.29) is 30.0 Å². The molecule has 0 spiro atoms. The van der Waals surface area contributed by atoms with E-state index in [0.717, 1.165) is 22.3 Å². The number of ether oxygens (including phenoxy) is 1. The van der Waals surface area contributed by atoms with Crippen molar-refractivity contribution in [2.75, 3.05) is 0 Å². The van der Waals surface area contributed by atoms with E-state index in [1.54, 1.807) is 24.3 Å². The van der Waals surface area contributed by atoms with E-state index >= 15 is 0 Å². The lowest BCUT2D eigenvalue weighted by Crippen LogP contribution is -2.06. The summed E-state index contributed by atoms with van der Waals surface area (Å²) in [6.45, 7) is 6.08. The monoisotopic (exact) mass is 502 g/mol. The number of hydrogen-bond acceptors (Lipinski definition) is 4. The number of benzene rings is 4. The van der Waals surface area contributed by atoms with E-state index in [1.165, 1.54) is 42.0 Å². The summed E-state index contributed by atoms with van der Waals surface area (Å²) >= 11 is 0. The first-order valence-corrected chi connectivity index (χ1v) is 11.7. The average molecular weight is 503 g/mol. The van der Waals surface area contributed by atoms with Gasteiger partial charge in [-0.05, 0) is 68.8 Å². The minimum atomic E-state index is -0.377. The van der Waals surface area contributed by atoms with E-state index in [4.69, 9.17) is 4.74 Å². The number of hydrogen-bond donors (Lipinski definition) is 1. The minimum Gasteiger partial charge on any atom is -0.457 e. The number of ketones is 1. The number of aryl methyl sites for hydroxylation is 3. The van der Waals surface area contributed by atoms with Gasteiger partial charge in [0.15, 0.2) is 5.78 Å². The smallest absolute Gasteiger partial charge is 0.338 e. The molecule has 1 heterocycles. The van der Waals surface area contributed by atoms with Gasteiger partial charge in [0.1, 0.15) is 18.2 Å². The lowest BCUT2D eigenvalue weighted by molar-refractivity contribution is 0.0535. The molecule has 4 aromatic carbocycles. The highest BCUT2D eigenvalue weighted by molar-refractivity contribution is 6.09. The van der Waals surface area contributed by atoms with Crippen LogP contribution in [0, 0.1) is 32.4 Å². The van der Waals surface area contributed by atoms with Gasteiger partial charge >= 0.3 is 5.97 Å². The molecule has 0 fully saturated rings. The molecule has 5 rings (SSSR count). The second-order valence-electron chi connectivity index (χ2n) is 8.69. The number of fused-ring (bicyclic) bond motifs is 1. The van der Waals surface area contributed by atoms with E-state index in [0.29, 0.717) is 23.3 Å². The lowest BCUT2D eigenvalue weighted by Gasteiger charge is -2.07. The van der Waals surface area contributed by atoms with Crippen LogP contribution in [0.25, 0.3) is 0 Å². The summed E-state index contributed by atoms with van der Waals surface area (Å²) in [7, 11) is 0. The summed E-state index contributed by atoms with van der Waals surface area (Å²) in [5.74, 6) is -0.951. The normalized spacial score (nSPS) is 11.4. The van der Waals surface area contributed by atoms with Crippen LogP contribution in [0.1, 0.15) is 54.1 Å². The highest BCUT2D eigenvalue weighted by atomic mass is 19.1. The third-order valence-corrected chi connectivity index (χ3v) is 5.63. The lowest BCUT2D eigenvalue weighted by atomic mass is 9.97. The summed E-state index contributed by atoms with van der Waals surface area (Å²) in [5, 5.41) is 9.27. The topological polar surface area (TPSA) is 63.6 Å². The minimum absolute atomic E-state index is 0.171. The van der Waals surface area contributed by atoms with Crippen molar-refractivity contribution >= 4 is 11.8 Å². The zero-order valence-electron chi connectivity index (χ0n) is 20.9. The maximum Gasteiger partial charge on any atom is 0.338 e. The molecule has 0 radical (unpaired) electrons. The molecular weight excluding hydrogens is 474 g/mol. The van der Waals surface area contributed by atoms with Crippen LogP contribution >= 0.6 is 0 Å². The first kappa shape index (κ1) is 27.4. The molecule has 0 amide bonds. The van der Waals surface area contributed by atoms with Crippen LogP contribution in [0.4, 0.5) is 8.78 Å². The van der Waals surface area contributed by atoms with Gasteiger partial charge in [0, 0.05) is 16.7 Å². The zero-order valence-corrected chi connectivity index (χ0v) is 20.9. The Labute approximate surface area is 215 Å². The van der Waals surface area contributed by atoms with Crippen LogP contribution in [0.15, 0.2) is 84.9 Å². The highest BCUT2D eigenvalue weighted by Crippen LogP contribution is 2.20. The number of carbonyl (C=O) groups excluding carboxylic acids is 2. The third-order valence-electron chi connectivity index (χ3n) is 5.63. The number of rotatable bonds is 3. The maximum absolute atomic E-state index is 12.8. The van der Waals surface area contributed by atoms with Crippen molar-refractivity contribution in [3.05, 3.63) is 141 Å². The van der Waals surface area contributed by atoms with Gasteiger partial charge in [0.25, 0.3) is 0 Å². The Morgan fingerprint density at radius 1 is 0.784 bits per heavy atom. The van der Waals surface area contributed by atoms with Crippen LogP contribution in [0.3, 0.4) is 0 Å². The predicted octanol–water partition coefficient (Wildman–Crippen LogP) is 6.66. The van der Waals surface area contributed by atoms with E-state index in [1.807, 2.05) is 45.0 Å². The molecule has 190 valence electrons. The van der Waals surface area contributed by atoms with Crippen LogP contribution in [0.5, 0.6) is 0 Å². The molecule has 0 aromatic heterocycles. The third kappa shape index (κ3) is 7.66. The van der Waals surface area contributed by atoms with Gasteiger partial charge in [0.2, 0.25) is 0 Å². The molecule has 0 atom stereocenters. The standard InChI is InChI=1S/C15H13FO2.C9H8O2.C7H7F/c1-10-2-7-14(12(8-10)9-17)15(18)11-3-5-13(16)6-4-11;1-6-2-3-8-7(4-6)5-11-9(8)10;1-6-2-4-7(8)5-3-6/h2-8,17H,9H2,1H3;2-4H,5H2,1H3;2-5H,1H3. The quantitative estimate of drug-likeness (QED) is 0.251. The van der Waals surface area contributed by atoms with Gasteiger partial charge < -0.3 is 9.84 Å². The average Bonchev–Trinajstić information content (AvgIpc) is 3.26. The van der Waals surface area contributed by atoms with Crippen LogP contribution in [0.2, 0.25) is 0 Å². The van der Waals surface area contributed by atoms with Crippen molar-refractivity contribution in [3.8, 4) is 0 Å². The maximum atomic E-state index is 12.8. The Balaban J connectivity index is 0.000000169. The number of esters is 1. The Morgan fingerprint density at radius 2 is 1.32 bits per heavy atom. The van der Waals surface area contributed by atoms with Crippen LogP contribution < -0.4 is 0 Å². The fourth-order valence-electron chi connectivity index (χ4n) is 3.63. The zero-order chi connectivity index (χ0) is 26.9. The summed E-state index contributed by atoms with van der Waals surface area (Å²) in [4.78, 5) is 23.2. The number of aliphatic hydroxyl groups is 1. The molecule has 0 saturated carbocycles. The summed E-state index contributed by atoms with van der Waals surface area (Å²) in [6.07, 6.45) is 0. The van der Waals surface area contributed by atoms with Crippen molar-refractivity contribution < 1.29 is 28.2 Å². The van der Waals surface area contributed by atoms with Crippen LogP contribution in [-0.4, -0.2) is 16.9 Å². The molecule has 0 unspecified atom stereocenters. The van der Waals surface area contributed by atoms with Crippen molar-refractivity contribution in [1.29, 1.82) is 0 Å². The number of halogens is 2.